The summed E-state index contributed by atoms with van der Waals surface area (Å²) >= 11 is 0. The summed E-state index contributed by atoms with van der Waals surface area (Å²) in [4.78, 5) is 49.1. The van der Waals surface area contributed by atoms with Crippen LogP contribution in [0.2, 0.25) is 0 Å². The molecule has 3 rings (SSSR count). The average molecular weight is 373 g/mol. The molecule has 0 aromatic heterocycles. The third-order valence-corrected chi connectivity index (χ3v) is 4.51. The maximum Gasteiger partial charge on any atom is 0.326 e. The van der Waals surface area contributed by atoms with E-state index in [1.54, 1.807) is 29.2 Å². The van der Waals surface area contributed by atoms with Crippen molar-refractivity contribution in [2.75, 3.05) is 18.0 Å². The van der Waals surface area contributed by atoms with Gasteiger partial charge in [0.05, 0.1) is 0 Å². The van der Waals surface area contributed by atoms with E-state index >= 15 is 0 Å². The number of carbonyl (C=O) groups is 4. The van der Waals surface area contributed by atoms with Crippen LogP contribution in [-0.2, 0) is 19.1 Å². The van der Waals surface area contributed by atoms with Crippen molar-refractivity contribution in [3.8, 4) is 0 Å². The molecule has 0 unspecified atom stereocenters. The fourth-order valence-corrected chi connectivity index (χ4v) is 2.81. The molecule has 1 heterocycles. The van der Waals surface area contributed by atoms with E-state index in [-0.39, 0.29) is 24.4 Å². The second-order valence-electron chi connectivity index (χ2n) is 6.79. The van der Waals surface area contributed by atoms with Crippen LogP contribution in [0.3, 0.4) is 0 Å². The molecule has 1 saturated heterocycles. The Kier molecular flexibility index (Phi) is 5.73. The van der Waals surface area contributed by atoms with E-state index in [9.17, 15) is 19.2 Å². The van der Waals surface area contributed by atoms with Gasteiger partial charge in [-0.15, -0.1) is 0 Å². The smallest absolute Gasteiger partial charge is 0.326 e. The van der Waals surface area contributed by atoms with Crippen LogP contribution in [0.1, 0.15) is 43.0 Å². The van der Waals surface area contributed by atoms with Gasteiger partial charge in [-0.3, -0.25) is 19.2 Å². The number of hydrogen-bond acceptors (Lipinski definition) is 5. The van der Waals surface area contributed by atoms with E-state index in [0.29, 0.717) is 18.5 Å². The zero-order valence-electron chi connectivity index (χ0n) is 15.2. The molecular weight excluding hydrogens is 350 g/mol. The molecule has 1 saturated carbocycles. The zero-order chi connectivity index (χ0) is 19.4. The third kappa shape index (κ3) is 5.06. The largest absolute Gasteiger partial charge is 0.451 e. The summed E-state index contributed by atoms with van der Waals surface area (Å²) in [5.41, 5.74) is 1.13. The Morgan fingerprint density at radius 3 is 2.52 bits per heavy atom. The summed E-state index contributed by atoms with van der Waals surface area (Å²) in [6, 6.07) is 6.82. The highest BCUT2D eigenvalue weighted by molar-refractivity contribution is 5.98. The first-order chi connectivity index (χ1) is 12.9. The van der Waals surface area contributed by atoms with Crippen molar-refractivity contribution in [3.63, 3.8) is 0 Å². The Hall–Kier alpha value is -2.90. The van der Waals surface area contributed by atoms with Gasteiger partial charge in [-0.1, -0.05) is 0 Å². The summed E-state index contributed by atoms with van der Waals surface area (Å²) in [5.74, 6) is -1.36. The van der Waals surface area contributed by atoms with E-state index in [4.69, 9.17) is 4.74 Å². The van der Waals surface area contributed by atoms with Gasteiger partial charge in [-0.2, -0.15) is 0 Å². The maximum atomic E-state index is 12.1. The van der Waals surface area contributed by atoms with Gasteiger partial charge >= 0.3 is 5.97 Å². The fourth-order valence-electron chi connectivity index (χ4n) is 2.81. The first-order valence-electron chi connectivity index (χ1n) is 9.12. The van der Waals surface area contributed by atoms with Gasteiger partial charge < -0.3 is 20.3 Å². The number of benzene rings is 1. The lowest BCUT2D eigenvalue weighted by Gasteiger charge is -2.16. The number of esters is 1. The molecule has 2 N–H and O–H groups in total. The Morgan fingerprint density at radius 1 is 1.22 bits per heavy atom. The number of amides is 3. The predicted octanol–water partition coefficient (Wildman–Crippen LogP) is 0.753. The third-order valence-electron chi connectivity index (χ3n) is 4.51. The van der Waals surface area contributed by atoms with Crippen LogP contribution in [0.5, 0.6) is 0 Å². The lowest BCUT2D eigenvalue weighted by atomic mass is 10.2. The summed E-state index contributed by atoms with van der Waals surface area (Å²) in [7, 11) is 0. The molecule has 1 aliphatic carbocycles. The molecule has 8 nitrogen and oxygen atoms in total. The minimum atomic E-state index is -0.896. The van der Waals surface area contributed by atoms with Crippen LogP contribution in [0, 0.1) is 0 Å². The number of rotatable bonds is 7. The van der Waals surface area contributed by atoms with E-state index in [0.717, 1.165) is 24.9 Å². The van der Waals surface area contributed by atoms with Crippen LogP contribution < -0.4 is 15.5 Å². The van der Waals surface area contributed by atoms with Gasteiger partial charge in [-0.25, -0.2) is 0 Å². The summed E-state index contributed by atoms with van der Waals surface area (Å²) in [5, 5.41) is 5.22. The molecule has 8 heteroatoms. The lowest BCUT2D eigenvalue weighted by Crippen LogP contribution is -2.39. The summed E-state index contributed by atoms with van der Waals surface area (Å²) in [6.45, 7) is 1.85. The van der Waals surface area contributed by atoms with Crippen molar-refractivity contribution in [3.05, 3.63) is 29.8 Å². The SMILES string of the molecule is C[C@@H](OC(=O)CNC(=O)c1ccc(N2CCCC2=O)cc1)C(=O)NC1CC1. The molecule has 1 aromatic carbocycles. The van der Waals surface area contributed by atoms with Crippen LogP contribution in [0.4, 0.5) is 5.69 Å². The molecule has 2 aliphatic rings. The minimum Gasteiger partial charge on any atom is -0.451 e. The first kappa shape index (κ1) is 18.9. The van der Waals surface area contributed by atoms with Crippen molar-refractivity contribution in [1.82, 2.24) is 10.6 Å². The van der Waals surface area contributed by atoms with Crippen LogP contribution in [-0.4, -0.2) is 48.9 Å². The average Bonchev–Trinajstić information content (AvgIpc) is 3.37. The first-order valence-corrected chi connectivity index (χ1v) is 9.12. The standard InChI is InChI=1S/C19H23N3O5/c1-12(18(25)21-14-6-7-14)27-17(24)11-20-19(26)13-4-8-15(9-5-13)22-10-2-3-16(22)23/h4-5,8-9,12,14H,2-3,6-7,10-11H2,1H3,(H,20,26)(H,21,25)/t12-/m1/s1. The van der Waals surface area contributed by atoms with Crippen molar-refractivity contribution in [2.24, 2.45) is 0 Å². The molecule has 27 heavy (non-hydrogen) atoms. The molecule has 3 amide bonds. The number of ether oxygens (including phenoxy) is 1. The Bertz CT molecular complexity index is 742. The van der Waals surface area contributed by atoms with Gasteiger partial charge in [0.15, 0.2) is 6.10 Å². The molecule has 2 fully saturated rings. The highest BCUT2D eigenvalue weighted by Crippen LogP contribution is 2.21. The van der Waals surface area contributed by atoms with E-state index in [1.165, 1.54) is 6.92 Å². The molecule has 0 bridgehead atoms. The van der Waals surface area contributed by atoms with Gasteiger partial charge in [-0.05, 0) is 50.5 Å². The van der Waals surface area contributed by atoms with E-state index < -0.39 is 18.0 Å². The van der Waals surface area contributed by atoms with Gasteiger partial charge in [0.25, 0.3) is 11.8 Å². The van der Waals surface area contributed by atoms with Gasteiger partial charge in [0, 0.05) is 30.3 Å². The minimum absolute atomic E-state index is 0.0785. The molecule has 144 valence electrons. The highest BCUT2D eigenvalue weighted by atomic mass is 16.5. The second kappa shape index (κ2) is 8.20. The van der Waals surface area contributed by atoms with Crippen molar-refractivity contribution in [2.45, 2.75) is 44.8 Å². The van der Waals surface area contributed by atoms with E-state index in [1.807, 2.05) is 0 Å². The number of hydrogen-bond donors (Lipinski definition) is 2. The molecule has 1 aliphatic heterocycles. The molecular formula is C19H23N3O5. The zero-order valence-corrected chi connectivity index (χ0v) is 15.2. The Labute approximate surface area is 157 Å². The summed E-state index contributed by atoms with van der Waals surface area (Å²) in [6.07, 6.45) is 2.38. The van der Waals surface area contributed by atoms with Crippen molar-refractivity contribution in [1.29, 1.82) is 0 Å². The monoisotopic (exact) mass is 373 g/mol. The van der Waals surface area contributed by atoms with Crippen molar-refractivity contribution < 1.29 is 23.9 Å². The predicted molar refractivity (Wildman–Crippen MR) is 97.1 cm³/mol. The topological polar surface area (TPSA) is 105 Å². The Morgan fingerprint density at radius 2 is 1.93 bits per heavy atom. The van der Waals surface area contributed by atoms with Crippen molar-refractivity contribution >= 4 is 29.4 Å². The number of carbonyl (C=O) groups excluding carboxylic acids is 4. The molecule has 0 spiro atoms. The summed E-state index contributed by atoms with van der Waals surface area (Å²) < 4.78 is 5.02. The molecule has 1 aromatic rings. The van der Waals surface area contributed by atoms with E-state index in [2.05, 4.69) is 10.6 Å². The van der Waals surface area contributed by atoms with Gasteiger partial charge in [0.2, 0.25) is 5.91 Å². The quantitative estimate of drug-likeness (QED) is 0.687. The lowest BCUT2D eigenvalue weighted by molar-refractivity contribution is -0.153. The van der Waals surface area contributed by atoms with Crippen LogP contribution in [0.25, 0.3) is 0 Å². The van der Waals surface area contributed by atoms with Gasteiger partial charge in [0.1, 0.15) is 6.54 Å². The molecule has 1 atom stereocenters. The molecule has 0 radical (unpaired) electrons. The van der Waals surface area contributed by atoms with Crippen LogP contribution in [0.15, 0.2) is 24.3 Å². The normalized spacial score (nSPS) is 17.4. The maximum absolute atomic E-state index is 12.1. The second-order valence-corrected chi connectivity index (χ2v) is 6.79. The van der Waals surface area contributed by atoms with Crippen LogP contribution >= 0.6 is 0 Å². The fraction of sp³-hybridized carbons (Fsp3) is 0.474. The number of nitrogens with zero attached hydrogens (tertiary/aromatic N) is 1. The number of nitrogens with one attached hydrogen (secondary N) is 2. The Balaban J connectivity index is 1.44. The number of anilines is 1. The highest BCUT2D eigenvalue weighted by Gasteiger charge is 2.27.